The van der Waals surface area contributed by atoms with Gasteiger partial charge in [0.1, 0.15) is 5.69 Å². The lowest BCUT2D eigenvalue weighted by Crippen LogP contribution is -2.12. The number of nitrogens with zero attached hydrogens (tertiary/aromatic N) is 1. The summed E-state index contributed by atoms with van der Waals surface area (Å²) >= 11 is 0. The van der Waals surface area contributed by atoms with Crippen LogP contribution in [0.15, 0.2) is 70.1 Å². The first-order valence-corrected chi connectivity index (χ1v) is 8.79. The van der Waals surface area contributed by atoms with E-state index in [4.69, 9.17) is 14.4 Å². The smallest absolute Gasteiger partial charge is 0.338 e. The highest BCUT2D eigenvalue weighted by atomic mass is 32.2. The molecule has 7 nitrogen and oxygen atoms in total. The number of carbonyl (C=O) groups is 1. The lowest BCUT2D eigenvalue weighted by Gasteiger charge is -2.03. The molecule has 128 valence electrons. The standard InChI is InChI=1S/C17H14N2O5S/c18-25(21,22)15-8-6-13(7-9-15)17(20)23-11-14-10-16(19-24-14)12-4-2-1-3-5-12/h1-10H,11H2,(H2,18,21,22). The molecule has 3 rings (SSSR count). The number of aromatic nitrogens is 1. The van der Waals surface area contributed by atoms with Crippen molar-refractivity contribution in [3.63, 3.8) is 0 Å². The lowest BCUT2D eigenvalue weighted by molar-refractivity contribution is 0.0437. The Hall–Kier alpha value is -2.97. The van der Waals surface area contributed by atoms with Gasteiger partial charge in [0.2, 0.25) is 10.0 Å². The second-order valence-electron chi connectivity index (χ2n) is 5.19. The van der Waals surface area contributed by atoms with Crippen LogP contribution in [0.2, 0.25) is 0 Å². The molecule has 1 aromatic heterocycles. The number of sulfonamides is 1. The number of hydrogen-bond donors (Lipinski definition) is 1. The molecular formula is C17H14N2O5S. The number of carbonyl (C=O) groups excluding carboxylic acids is 1. The van der Waals surface area contributed by atoms with Crippen molar-refractivity contribution in [3.05, 3.63) is 72.0 Å². The van der Waals surface area contributed by atoms with E-state index < -0.39 is 16.0 Å². The molecule has 0 atom stereocenters. The molecular weight excluding hydrogens is 344 g/mol. The van der Waals surface area contributed by atoms with Gasteiger partial charge in [-0.3, -0.25) is 0 Å². The van der Waals surface area contributed by atoms with Gasteiger partial charge in [0, 0.05) is 11.6 Å². The Morgan fingerprint density at radius 2 is 1.76 bits per heavy atom. The van der Waals surface area contributed by atoms with Gasteiger partial charge in [-0.1, -0.05) is 35.5 Å². The summed E-state index contributed by atoms with van der Waals surface area (Å²) in [6.45, 7) is -0.0877. The predicted octanol–water partition coefficient (Wildman–Crippen LogP) is 2.35. The van der Waals surface area contributed by atoms with Crippen molar-refractivity contribution in [1.29, 1.82) is 0 Å². The van der Waals surface area contributed by atoms with Gasteiger partial charge in [-0.05, 0) is 24.3 Å². The summed E-state index contributed by atoms with van der Waals surface area (Å²) in [5, 5.41) is 8.93. The normalized spacial score (nSPS) is 11.2. The van der Waals surface area contributed by atoms with Crippen molar-refractivity contribution in [2.24, 2.45) is 5.14 Å². The molecule has 0 fully saturated rings. The molecule has 0 aliphatic rings. The van der Waals surface area contributed by atoms with Crippen LogP contribution in [0.1, 0.15) is 16.1 Å². The second kappa shape index (κ2) is 6.88. The van der Waals surface area contributed by atoms with Crippen LogP contribution in [0.3, 0.4) is 0 Å². The zero-order chi connectivity index (χ0) is 17.9. The van der Waals surface area contributed by atoms with Crippen molar-refractivity contribution in [2.75, 3.05) is 0 Å². The fourth-order valence-corrected chi connectivity index (χ4v) is 2.64. The monoisotopic (exact) mass is 358 g/mol. The minimum atomic E-state index is -3.80. The predicted molar refractivity (Wildman–Crippen MR) is 88.9 cm³/mol. The van der Waals surface area contributed by atoms with Crippen molar-refractivity contribution < 1.29 is 22.5 Å². The van der Waals surface area contributed by atoms with Gasteiger partial charge in [0.25, 0.3) is 0 Å². The fraction of sp³-hybridized carbons (Fsp3) is 0.0588. The number of hydrogen-bond acceptors (Lipinski definition) is 6. The van der Waals surface area contributed by atoms with Gasteiger partial charge in [0.05, 0.1) is 10.5 Å². The number of esters is 1. The van der Waals surface area contributed by atoms with E-state index in [0.29, 0.717) is 11.5 Å². The van der Waals surface area contributed by atoms with Crippen molar-refractivity contribution in [1.82, 2.24) is 5.16 Å². The quantitative estimate of drug-likeness (QED) is 0.701. The molecule has 0 unspecified atom stereocenters. The minimum absolute atomic E-state index is 0.0770. The average Bonchev–Trinajstić information content (AvgIpc) is 3.09. The molecule has 8 heteroatoms. The van der Waals surface area contributed by atoms with Crippen LogP contribution < -0.4 is 5.14 Å². The zero-order valence-corrected chi connectivity index (χ0v) is 13.8. The molecule has 2 aromatic carbocycles. The van der Waals surface area contributed by atoms with E-state index in [-0.39, 0.29) is 17.1 Å². The number of nitrogens with two attached hydrogens (primary N) is 1. The van der Waals surface area contributed by atoms with Crippen molar-refractivity contribution >= 4 is 16.0 Å². The molecule has 0 amide bonds. The van der Waals surface area contributed by atoms with E-state index in [0.717, 1.165) is 5.56 Å². The van der Waals surface area contributed by atoms with Crippen LogP contribution >= 0.6 is 0 Å². The number of primary sulfonamides is 1. The van der Waals surface area contributed by atoms with Crippen molar-refractivity contribution in [2.45, 2.75) is 11.5 Å². The van der Waals surface area contributed by atoms with Crippen LogP contribution in [-0.4, -0.2) is 19.5 Å². The van der Waals surface area contributed by atoms with E-state index in [1.54, 1.807) is 6.07 Å². The molecule has 0 bridgehead atoms. The molecule has 0 radical (unpaired) electrons. The fourth-order valence-electron chi connectivity index (χ4n) is 2.13. The first-order valence-electron chi connectivity index (χ1n) is 7.24. The van der Waals surface area contributed by atoms with Gasteiger partial charge < -0.3 is 9.26 Å². The van der Waals surface area contributed by atoms with E-state index in [1.165, 1.54) is 24.3 Å². The largest absolute Gasteiger partial charge is 0.454 e. The minimum Gasteiger partial charge on any atom is -0.454 e. The van der Waals surface area contributed by atoms with E-state index in [2.05, 4.69) is 5.16 Å². The Kier molecular flexibility index (Phi) is 4.64. The Bertz CT molecular complexity index is 979. The van der Waals surface area contributed by atoms with Gasteiger partial charge in [-0.15, -0.1) is 0 Å². The van der Waals surface area contributed by atoms with Crippen LogP contribution in [0.5, 0.6) is 0 Å². The summed E-state index contributed by atoms with van der Waals surface area (Å²) in [6.07, 6.45) is 0. The van der Waals surface area contributed by atoms with E-state index in [1.807, 2.05) is 30.3 Å². The summed E-state index contributed by atoms with van der Waals surface area (Å²) in [7, 11) is -3.80. The second-order valence-corrected chi connectivity index (χ2v) is 6.75. The maximum absolute atomic E-state index is 12.0. The number of ether oxygens (including phenoxy) is 1. The molecule has 0 aliphatic heterocycles. The van der Waals surface area contributed by atoms with Crippen LogP contribution in [0.4, 0.5) is 0 Å². The Labute approximate surface area is 144 Å². The average molecular weight is 358 g/mol. The Morgan fingerprint density at radius 3 is 2.40 bits per heavy atom. The molecule has 0 aliphatic carbocycles. The Balaban J connectivity index is 1.64. The number of rotatable bonds is 5. The highest BCUT2D eigenvalue weighted by Crippen LogP contribution is 2.19. The molecule has 0 saturated carbocycles. The topological polar surface area (TPSA) is 112 Å². The summed E-state index contributed by atoms with van der Waals surface area (Å²) in [5.74, 6) is -0.216. The molecule has 3 aromatic rings. The van der Waals surface area contributed by atoms with Gasteiger partial charge in [0.15, 0.2) is 12.4 Å². The van der Waals surface area contributed by atoms with Gasteiger partial charge in [-0.2, -0.15) is 0 Å². The SMILES string of the molecule is NS(=O)(=O)c1ccc(C(=O)OCc2cc(-c3ccccc3)no2)cc1. The highest BCUT2D eigenvalue weighted by Gasteiger charge is 2.13. The first-order chi connectivity index (χ1) is 11.9. The third-order valence-electron chi connectivity index (χ3n) is 3.39. The van der Waals surface area contributed by atoms with Gasteiger partial charge >= 0.3 is 5.97 Å². The molecule has 0 saturated heterocycles. The Morgan fingerprint density at radius 1 is 1.08 bits per heavy atom. The summed E-state index contributed by atoms with van der Waals surface area (Å²) < 4.78 is 32.7. The third-order valence-corrected chi connectivity index (χ3v) is 4.32. The maximum Gasteiger partial charge on any atom is 0.338 e. The molecule has 0 spiro atoms. The van der Waals surface area contributed by atoms with Gasteiger partial charge in [-0.25, -0.2) is 18.4 Å². The van der Waals surface area contributed by atoms with Crippen LogP contribution in [0.25, 0.3) is 11.3 Å². The molecule has 1 heterocycles. The van der Waals surface area contributed by atoms with E-state index >= 15 is 0 Å². The van der Waals surface area contributed by atoms with Crippen molar-refractivity contribution in [3.8, 4) is 11.3 Å². The zero-order valence-electron chi connectivity index (χ0n) is 13.0. The third kappa shape index (κ3) is 4.11. The lowest BCUT2D eigenvalue weighted by atomic mass is 10.1. The number of benzene rings is 2. The summed E-state index contributed by atoms with van der Waals surface area (Å²) in [6, 6.07) is 16.3. The highest BCUT2D eigenvalue weighted by molar-refractivity contribution is 7.89. The molecule has 2 N–H and O–H groups in total. The first kappa shape index (κ1) is 16.9. The van der Waals surface area contributed by atoms with Crippen LogP contribution in [0, 0.1) is 0 Å². The maximum atomic E-state index is 12.0. The molecule has 25 heavy (non-hydrogen) atoms. The van der Waals surface area contributed by atoms with E-state index in [9.17, 15) is 13.2 Å². The summed E-state index contributed by atoms with van der Waals surface area (Å²) in [5.41, 5.74) is 1.74. The summed E-state index contributed by atoms with van der Waals surface area (Å²) in [4.78, 5) is 11.9. The van der Waals surface area contributed by atoms with Crippen LogP contribution in [-0.2, 0) is 21.4 Å².